The Morgan fingerprint density at radius 3 is 2.55 bits per heavy atom. The summed E-state index contributed by atoms with van der Waals surface area (Å²) in [6.45, 7) is 11.4. The molecule has 1 saturated carbocycles. The fraction of sp³-hybridized carbons (Fsp3) is 0.611. The lowest BCUT2D eigenvalue weighted by molar-refractivity contribution is -0.253. The summed E-state index contributed by atoms with van der Waals surface area (Å²) in [6.07, 6.45) is 6.74. The van der Waals surface area contributed by atoms with E-state index in [1.165, 1.54) is 26.2 Å². The predicted octanol–water partition coefficient (Wildman–Crippen LogP) is 6.26. The van der Waals surface area contributed by atoms with Gasteiger partial charge in [0.15, 0.2) is 6.29 Å². The number of benzene rings is 2. The molecule has 8 nitrogen and oxygen atoms in total. The van der Waals surface area contributed by atoms with Crippen LogP contribution >= 0.6 is 0 Å². The van der Waals surface area contributed by atoms with Crippen molar-refractivity contribution in [2.24, 2.45) is 10.8 Å². The second kappa shape index (κ2) is 14.1. The Bertz CT molecular complexity index is 1280. The van der Waals surface area contributed by atoms with Crippen molar-refractivity contribution in [1.82, 2.24) is 10.2 Å². The zero-order chi connectivity index (χ0) is 31.3. The number of amides is 2. The summed E-state index contributed by atoms with van der Waals surface area (Å²) in [4.78, 5) is 26.3. The fourth-order valence-electron chi connectivity index (χ4n) is 7.92. The Labute approximate surface area is 262 Å². The summed E-state index contributed by atoms with van der Waals surface area (Å²) < 4.78 is 13.3. The molecule has 5 unspecified atom stereocenters. The van der Waals surface area contributed by atoms with Gasteiger partial charge in [-0.1, -0.05) is 63.6 Å². The highest BCUT2D eigenvalue weighted by Crippen LogP contribution is 2.53. The molecule has 5 atom stereocenters. The maximum Gasteiger partial charge on any atom is 0.224 e. The Morgan fingerprint density at radius 1 is 1.00 bits per heavy atom. The molecular weight excluding hydrogens is 554 g/mol. The van der Waals surface area contributed by atoms with E-state index in [0.717, 1.165) is 61.2 Å². The van der Waals surface area contributed by atoms with Crippen LogP contribution in [-0.4, -0.2) is 53.6 Å². The van der Waals surface area contributed by atoms with Crippen molar-refractivity contribution in [2.45, 2.75) is 110 Å². The third kappa shape index (κ3) is 8.68. The van der Waals surface area contributed by atoms with E-state index in [4.69, 9.17) is 9.47 Å². The molecule has 2 aromatic carbocycles. The van der Waals surface area contributed by atoms with Crippen molar-refractivity contribution in [3.8, 4) is 0 Å². The standard InChI is InChI=1S/C36H51N3O5/c1-25(41)37-16-7-5-6-11-33(42)38-29-10-8-9-28(17-29)34-43-31(18-32(44-34)27-14-12-26(22-40)13-15-27)21-39-24-36(4)20-30(39)19-35(2,3)23-36/h8-10,12-15,17,30-32,34,40H,5-7,11,16,18-24H2,1-4H3,(H,37,41)(H,38,42). The average molecular weight is 606 g/mol. The highest BCUT2D eigenvalue weighted by molar-refractivity contribution is 5.90. The van der Waals surface area contributed by atoms with Gasteiger partial charge in [0.1, 0.15) is 0 Å². The molecule has 44 heavy (non-hydrogen) atoms. The first-order valence-corrected chi connectivity index (χ1v) is 16.4. The number of ether oxygens (including phenoxy) is 2. The van der Waals surface area contributed by atoms with E-state index >= 15 is 0 Å². The number of anilines is 1. The first-order valence-electron chi connectivity index (χ1n) is 16.4. The van der Waals surface area contributed by atoms with Crippen LogP contribution in [0.3, 0.4) is 0 Å². The first-order chi connectivity index (χ1) is 21.0. The van der Waals surface area contributed by atoms with Gasteiger partial charge in [-0.2, -0.15) is 0 Å². The molecule has 3 aliphatic rings. The van der Waals surface area contributed by atoms with E-state index in [-0.39, 0.29) is 30.6 Å². The minimum absolute atomic E-state index is 0.00179. The van der Waals surface area contributed by atoms with Crippen LogP contribution in [0.15, 0.2) is 48.5 Å². The number of likely N-dealkylation sites (tertiary alicyclic amines) is 1. The molecule has 2 heterocycles. The first kappa shape index (κ1) is 32.6. The summed E-state index contributed by atoms with van der Waals surface area (Å²) in [5, 5.41) is 15.4. The predicted molar refractivity (Wildman–Crippen MR) is 172 cm³/mol. The van der Waals surface area contributed by atoms with Gasteiger partial charge in [0, 0.05) is 56.7 Å². The normalized spacial score (nSPS) is 28.0. The van der Waals surface area contributed by atoms with E-state index in [2.05, 4.69) is 48.4 Å². The third-order valence-corrected chi connectivity index (χ3v) is 9.47. The molecule has 1 aliphatic carbocycles. The molecule has 2 saturated heterocycles. The summed E-state index contributed by atoms with van der Waals surface area (Å²) in [7, 11) is 0. The van der Waals surface area contributed by atoms with Crippen LogP contribution in [0.1, 0.15) is 108 Å². The van der Waals surface area contributed by atoms with Crippen LogP contribution in [0.5, 0.6) is 0 Å². The van der Waals surface area contributed by atoms with Crippen LogP contribution in [0.25, 0.3) is 0 Å². The fourth-order valence-corrected chi connectivity index (χ4v) is 7.92. The molecule has 0 spiro atoms. The van der Waals surface area contributed by atoms with Crippen molar-refractivity contribution < 1.29 is 24.2 Å². The van der Waals surface area contributed by atoms with Crippen LogP contribution < -0.4 is 10.6 Å². The maximum absolute atomic E-state index is 12.7. The lowest BCUT2D eigenvalue weighted by Crippen LogP contribution is -2.42. The number of aliphatic hydroxyl groups excluding tert-OH is 1. The van der Waals surface area contributed by atoms with Crippen molar-refractivity contribution in [3.63, 3.8) is 0 Å². The van der Waals surface area contributed by atoms with Gasteiger partial charge in [0.25, 0.3) is 0 Å². The Hall–Kier alpha value is -2.78. The van der Waals surface area contributed by atoms with Crippen molar-refractivity contribution in [1.29, 1.82) is 0 Å². The number of rotatable bonds is 12. The smallest absolute Gasteiger partial charge is 0.224 e. The minimum Gasteiger partial charge on any atom is -0.392 e. The second-order valence-electron chi connectivity index (χ2n) is 14.5. The molecule has 240 valence electrons. The Kier molecular flexibility index (Phi) is 10.5. The number of aliphatic hydroxyl groups is 1. The lowest BCUT2D eigenvalue weighted by atomic mass is 9.65. The number of hydrogen-bond donors (Lipinski definition) is 3. The number of carbonyl (C=O) groups excluding carboxylic acids is 2. The highest BCUT2D eigenvalue weighted by Gasteiger charge is 2.50. The van der Waals surface area contributed by atoms with Crippen molar-refractivity contribution in [2.75, 3.05) is 25.0 Å². The van der Waals surface area contributed by atoms with Gasteiger partial charge >= 0.3 is 0 Å². The number of fused-ring (bicyclic) bond motifs is 2. The van der Waals surface area contributed by atoms with Gasteiger partial charge in [-0.05, 0) is 66.2 Å². The SMILES string of the molecule is CC(=O)NCCCCCC(=O)Nc1cccc(C2OC(CN3CC4(C)CC3CC(C)(C)C4)CC(c3ccc(CO)cc3)O2)c1. The monoisotopic (exact) mass is 605 g/mol. The third-order valence-electron chi connectivity index (χ3n) is 9.47. The molecule has 2 amide bonds. The number of hydrogen-bond acceptors (Lipinski definition) is 6. The van der Waals surface area contributed by atoms with Gasteiger partial charge in [0.05, 0.1) is 18.8 Å². The molecule has 3 fully saturated rings. The Morgan fingerprint density at radius 2 is 1.80 bits per heavy atom. The number of unbranched alkanes of at least 4 members (excludes halogenated alkanes) is 2. The van der Waals surface area contributed by atoms with Crippen LogP contribution in [0.2, 0.25) is 0 Å². The second-order valence-corrected chi connectivity index (χ2v) is 14.5. The van der Waals surface area contributed by atoms with Gasteiger partial charge in [0.2, 0.25) is 11.8 Å². The topological polar surface area (TPSA) is 100 Å². The summed E-state index contributed by atoms with van der Waals surface area (Å²) in [6, 6.07) is 16.4. The van der Waals surface area contributed by atoms with Gasteiger partial charge in [-0.25, -0.2) is 0 Å². The zero-order valence-corrected chi connectivity index (χ0v) is 26.9. The molecule has 0 aromatic heterocycles. The quantitative estimate of drug-likeness (QED) is 0.247. The molecular formula is C36H51N3O5. The molecule has 8 heteroatoms. The molecule has 2 aliphatic heterocycles. The van der Waals surface area contributed by atoms with Crippen LogP contribution in [-0.2, 0) is 25.7 Å². The summed E-state index contributed by atoms with van der Waals surface area (Å²) in [5.41, 5.74) is 4.29. The minimum atomic E-state index is -0.559. The largest absolute Gasteiger partial charge is 0.392 e. The van der Waals surface area contributed by atoms with E-state index in [9.17, 15) is 14.7 Å². The Balaban J connectivity index is 1.26. The summed E-state index contributed by atoms with van der Waals surface area (Å²) >= 11 is 0. The number of nitrogens with zero attached hydrogens (tertiary/aromatic N) is 1. The van der Waals surface area contributed by atoms with Crippen molar-refractivity contribution >= 4 is 17.5 Å². The lowest BCUT2D eigenvalue weighted by Gasteiger charge is -2.41. The number of carbonyl (C=O) groups is 2. The molecule has 2 bridgehead atoms. The molecule has 5 rings (SSSR count). The molecule has 3 N–H and O–H groups in total. The highest BCUT2D eigenvalue weighted by atomic mass is 16.7. The van der Waals surface area contributed by atoms with Crippen LogP contribution in [0, 0.1) is 10.8 Å². The molecule has 0 radical (unpaired) electrons. The van der Waals surface area contributed by atoms with Crippen molar-refractivity contribution in [3.05, 3.63) is 65.2 Å². The van der Waals surface area contributed by atoms with Gasteiger partial charge in [-0.15, -0.1) is 0 Å². The zero-order valence-electron chi connectivity index (χ0n) is 26.9. The molecule has 2 aromatic rings. The van der Waals surface area contributed by atoms with E-state index in [0.29, 0.717) is 29.8 Å². The van der Waals surface area contributed by atoms with Crippen LogP contribution in [0.4, 0.5) is 5.69 Å². The van der Waals surface area contributed by atoms with Gasteiger partial charge in [-0.3, -0.25) is 14.5 Å². The maximum atomic E-state index is 12.7. The average Bonchev–Trinajstić information content (AvgIpc) is 3.21. The van der Waals surface area contributed by atoms with Gasteiger partial charge < -0.3 is 25.2 Å². The van der Waals surface area contributed by atoms with E-state index in [1.807, 2.05) is 36.4 Å². The number of nitrogens with one attached hydrogen (secondary N) is 2. The summed E-state index contributed by atoms with van der Waals surface area (Å²) in [5.74, 6) is -0.0499. The van der Waals surface area contributed by atoms with E-state index in [1.54, 1.807) is 0 Å². The van der Waals surface area contributed by atoms with E-state index < -0.39 is 6.29 Å².